The molecule has 0 saturated carbocycles. The van der Waals surface area contributed by atoms with Crippen molar-refractivity contribution in [2.24, 2.45) is 0 Å². The van der Waals surface area contributed by atoms with Crippen LogP contribution in [0.2, 0.25) is 0 Å². The van der Waals surface area contributed by atoms with Crippen molar-refractivity contribution in [3.8, 4) is 0 Å². The average Bonchev–Trinajstić information content (AvgIpc) is 2.73. The maximum atomic E-state index is 11.9. The van der Waals surface area contributed by atoms with Crippen LogP contribution in [0.1, 0.15) is 33.6 Å². The van der Waals surface area contributed by atoms with Crippen molar-refractivity contribution >= 4 is 11.9 Å². The van der Waals surface area contributed by atoms with Crippen LogP contribution in [0, 0.1) is 13.2 Å². The molecule has 0 fully saturated rings. The molecule has 0 saturated heterocycles. The van der Waals surface area contributed by atoms with Crippen LogP contribution < -0.4 is 0 Å². The molecule has 0 aliphatic heterocycles. The first-order chi connectivity index (χ1) is 13.2. The summed E-state index contributed by atoms with van der Waals surface area (Å²) >= 11 is 0. The van der Waals surface area contributed by atoms with E-state index in [2.05, 4.69) is 6.92 Å². The van der Waals surface area contributed by atoms with Crippen LogP contribution in [0.3, 0.4) is 0 Å². The normalized spacial score (nSPS) is 10.6. The molecular weight excluding hydrogens is 352 g/mol. The first kappa shape index (κ1) is 20.6. The third-order valence-corrected chi connectivity index (χ3v) is 3.18. The zero-order chi connectivity index (χ0) is 19.3. The number of hydrogen-bond acceptors (Lipinski definition) is 7. The fourth-order valence-corrected chi connectivity index (χ4v) is 1.87. The maximum absolute atomic E-state index is 11.9. The highest BCUT2D eigenvalue weighted by atomic mass is 17.3. The average molecular weight is 372 g/mol. The van der Waals surface area contributed by atoms with Gasteiger partial charge in [-0.2, -0.15) is 0 Å². The van der Waals surface area contributed by atoms with Crippen LogP contribution >= 0.6 is 0 Å². The van der Waals surface area contributed by atoms with Gasteiger partial charge in [0.25, 0.3) is 0 Å². The van der Waals surface area contributed by atoms with E-state index >= 15 is 0 Å². The fourth-order valence-electron chi connectivity index (χ4n) is 1.87. The minimum Gasteiger partial charge on any atom is -0.381 e. The van der Waals surface area contributed by atoms with E-state index in [-0.39, 0.29) is 19.3 Å². The molecule has 0 amide bonds. The molecule has 0 atom stereocenters. The Hall–Kier alpha value is -2.74. The molecule has 27 heavy (non-hydrogen) atoms. The Morgan fingerprint density at radius 3 is 1.63 bits per heavy atom. The third kappa shape index (κ3) is 7.57. The Balaban J connectivity index is 1.86. The first-order valence-corrected chi connectivity index (χ1v) is 8.31. The Morgan fingerprint density at radius 2 is 1.19 bits per heavy atom. The second kappa shape index (κ2) is 11.8. The van der Waals surface area contributed by atoms with Gasteiger partial charge in [-0.25, -0.2) is 9.59 Å². The van der Waals surface area contributed by atoms with Gasteiger partial charge >= 0.3 is 18.2 Å². The summed E-state index contributed by atoms with van der Waals surface area (Å²) in [5.41, 5.74) is 0.595. The lowest BCUT2D eigenvalue weighted by molar-refractivity contribution is -0.364. The van der Waals surface area contributed by atoms with Crippen molar-refractivity contribution in [2.75, 3.05) is 13.2 Å². The summed E-state index contributed by atoms with van der Waals surface area (Å²) in [6.45, 7) is 4.31. The molecule has 7 nitrogen and oxygen atoms in total. The highest BCUT2D eigenvalue weighted by molar-refractivity contribution is 5.89. The van der Waals surface area contributed by atoms with E-state index in [0.717, 1.165) is 0 Å². The molecular formula is C20H20O7. The molecule has 0 bridgehead atoms. The van der Waals surface area contributed by atoms with Crippen LogP contribution in [0.5, 0.6) is 0 Å². The molecule has 142 valence electrons. The highest BCUT2D eigenvalue weighted by Gasteiger charge is 2.21. The largest absolute Gasteiger partial charge is 0.381 e. The maximum Gasteiger partial charge on any atom is 0.373 e. The summed E-state index contributed by atoms with van der Waals surface area (Å²) in [7, 11) is 0. The first-order valence-electron chi connectivity index (χ1n) is 8.31. The predicted octanol–water partition coefficient (Wildman–Crippen LogP) is 3.68. The van der Waals surface area contributed by atoms with Crippen LogP contribution in [0.25, 0.3) is 0 Å². The van der Waals surface area contributed by atoms with Crippen molar-refractivity contribution in [1.29, 1.82) is 0 Å². The Labute approximate surface area is 157 Å². The van der Waals surface area contributed by atoms with E-state index in [1.165, 1.54) is 0 Å². The molecule has 0 heterocycles. The summed E-state index contributed by atoms with van der Waals surface area (Å²) in [6.07, 6.45) is 0.459. The van der Waals surface area contributed by atoms with E-state index in [4.69, 9.17) is 24.3 Å². The van der Waals surface area contributed by atoms with E-state index in [1.807, 2.05) is 0 Å². The van der Waals surface area contributed by atoms with Crippen LogP contribution in [-0.2, 0) is 24.3 Å². The molecule has 2 aromatic rings. The second-order valence-corrected chi connectivity index (χ2v) is 5.23. The van der Waals surface area contributed by atoms with Gasteiger partial charge in [0.05, 0.1) is 17.7 Å². The van der Waals surface area contributed by atoms with E-state index in [1.54, 1.807) is 60.7 Å². The zero-order valence-corrected chi connectivity index (χ0v) is 14.7. The summed E-state index contributed by atoms with van der Waals surface area (Å²) in [4.78, 5) is 43.1. The van der Waals surface area contributed by atoms with Crippen LogP contribution in [-0.4, -0.2) is 25.2 Å². The van der Waals surface area contributed by atoms with Gasteiger partial charge in [-0.3, -0.25) is 9.78 Å². The molecule has 0 unspecified atom stereocenters. The van der Waals surface area contributed by atoms with Crippen molar-refractivity contribution in [3.05, 3.63) is 85.0 Å². The molecule has 0 aliphatic carbocycles. The monoisotopic (exact) mass is 372 g/mol. The summed E-state index contributed by atoms with van der Waals surface area (Å²) in [5.74, 6) is -1.44. The van der Waals surface area contributed by atoms with Gasteiger partial charge in [-0.1, -0.05) is 43.3 Å². The lowest BCUT2D eigenvalue weighted by atomic mass is 10.2. The van der Waals surface area contributed by atoms with Gasteiger partial charge < -0.3 is 4.74 Å². The van der Waals surface area contributed by atoms with Gasteiger partial charge in [-0.05, 0) is 30.7 Å². The zero-order valence-electron chi connectivity index (χ0n) is 14.7. The standard InChI is InChI=1S/C20H20O7/c1-2-14-23-15-13-18(24-26-19(21)16-9-5-3-6-10-16)25-27-20(22)17-11-7-4-8-12-17/h3-12H,1-2,13-15H2. The summed E-state index contributed by atoms with van der Waals surface area (Å²) < 4.78 is 5.27. The number of hydrogen-bond donors (Lipinski definition) is 0. The van der Waals surface area contributed by atoms with E-state index in [9.17, 15) is 9.59 Å². The van der Waals surface area contributed by atoms with E-state index < -0.39 is 11.9 Å². The molecule has 0 N–H and O–H groups in total. The number of carbonyl (C=O) groups excluding carboxylic acids is 2. The minimum atomic E-state index is -0.718. The van der Waals surface area contributed by atoms with Crippen molar-refractivity contribution in [1.82, 2.24) is 0 Å². The fraction of sp³-hybridized carbons (Fsp3) is 0.200. The SMILES string of the molecule is [CH2]CCOCC[C](OOC(=O)c1ccccc1)OOC(=O)c1ccccc1. The molecule has 2 aromatic carbocycles. The molecule has 7 heteroatoms. The quantitative estimate of drug-likeness (QED) is 0.338. The number of ether oxygens (including phenoxy) is 1. The van der Waals surface area contributed by atoms with Gasteiger partial charge in [0.15, 0.2) is 0 Å². The molecule has 0 aliphatic rings. The van der Waals surface area contributed by atoms with E-state index in [0.29, 0.717) is 24.2 Å². The number of carbonyl (C=O) groups is 2. The molecule has 0 spiro atoms. The van der Waals surface area contributed by atoms with Gasteiger partial charge in [0, 0.05) is 13.0 Å². The molecule has 2 radical (unpaired) electrons. The van der Waals surface area contributed by atoms with Crippen molar-refractivity contribution in [2.45, 2.75) is 12.8 Å². The second-order valence-electron chi connectivity index (χ2n) is 5.23. The summed E-state index contributed by atoms with van der Waals surface area (Å²) in [5, 5.41) is 0. The van der Waals surface area contributed by atoms with Crippen molar-refractivity contribution in [3.63, 3.8) is 0 Å². The smallest absolute Gasteiger partial charge is 0.373 e. The Morgan fingerprint density at radius 1 is 0.704 bits per heavy atom. The van der Waals surface area contributed by atoms with Gasteiger partial charge in [-0.15, -0.1) is 9.78 Å². The number of rotatable bonds is 11. The Bertz CT molecular complexity index is 632. The van der Waals surface area contributed by atoms with Crippen LogP contribution in [0.15, 0.2) is 60.7 Å². The van der Waals surface area contributed by atoms with Gasteiger partial charge in [0.2, 0.25) is 0 Å². The van der Waals surface area contributed by atoms with Crippen molar-refractivity contribution < 1.29 is 33.9 Å². The topological polar surface area (TPSA) is 80.3 Å². The highest BCUT2D eigenvalue weighted by Crippen LogP contribution is 2.15. The molecule has 0 aromatic heterocycles. The number of benzene rings is 2. The Kier molecular flexibility index (Phi) is 8.99. The summed E-state index contributed by atoms with van der Waals surface area (Å²) in [6, 6.07) is 16.6. The lowest BCUT2D eigenvalue weighted by Crippen LogP contribution is -2.17. The predicted molar refractivity (Wildman–Crippen MR) is 94.5 cm³/mol. The van der Waals surface area contributed by atoms with Crippen LogP contribution in [0.4, 0.5) is 0 Å². The van der Waals surface area contributed by atoms with Gasteiger partial charge in [0.1, 0.15) is 0 Å². The minimum absolute atomic E-state index is 0.0874. The lowest BCUT2D eigenvalue weighted by Gasteiger charge is -2.13. The third-order valence-electron chi connectivity index (χ3n) is 3.18. The molecule has 2 rings (SSSR count).